The average molecular weight is 322 g/mol. The first-order valence-electron chi connectivity index (χ1n) is 6.59. The normalized spacial score (nSPS) is 14.7. The molecule has 6 nitrogen and oxygen atoms in total. The van der Waals surface area contributed by atoms with Crippen LogP contribution >= 0.6 is 22.7 Å². The van der Waals surface area contributed by atoms with E-state index in [1.807, 2.05) is 12.3 Å². The van der Waals surface area contributed by atoms with Gasteiger partial charge in [-0.3, -0.25) is 14.5 Å². The predicted molar refractivity (Wildman–Crippen MR) is 82.9 cm³/mol. The first kappa shape index (κ1) is 14.2. The number of carbonyl (C=O) groups excluding carboxylic acids is 2. The maximum absolute atomic E-state index is 11.9. The lowest BCUT2D eigenvalue weighted by atomic mass is 10.3. The number of hydrogen-bond donors (Lipinski definition) is 1. The standard InChI is InChI=1S/C13H14N4O2S2/c1-8-6-14-12(21-8)16-10(18)5-9-7-20-13(15-9)17-4-2-3-11(17)19/h6-7H,2-5H2,1H3,(H,14,16,18). The van der Waals surface area contributed by atoms with Crippen molar-refractivity contribution in [1.82, 2.24) is 9.97 Å². The van der Waals surface area contributed by atoms with Gasteiger partial charge in [-0.1, -0.05) is 0 Å². The number of hydrogen-bond acceptors (Lipinski definition) is 6. The van der Waals surface area contributed by atoms with Crippen LogP contribution in [-0.4, -0.2) is 28.3 Å². The van der Waals surface area contributed by atoms with Crippen molar-refractivity contribution < 1.29 is 9.59 Å². The quantitative estimate of drug-likeness (QED) is 0.936. The van der Waals surface area contributed by atoms with E-state index >= 15 is 0 Å². The minimum Gasteiger partial charge on any atom is -0.302 e. The number of carbonyl (C=O) groups is 2. The third-order valence-electron chi connectivity index (χ3n) is 3.05. The lowest BCUT2D eigenvalue weighted by Crippen LogP contribution is -2.23. The Morgan fingerprint density at radius 3 is 3.05 bits per heavy atom. The van der Waals surface area contributed by atoms with Crippen LogP contribution in [0.1, 0.15) is 23.4 Å². The highest BCUT2D eigenvalue weighted by Crippen LogP contribution is 2.25. The number of thiazole rings is 2. The highest BCUT2D eigenvalue weighted by atomic mass is 32.1. The largest absolute Gasteiger partial charge is 0.302 e. The summed E-state index contributed by atoms with van der Waals surface area (Å²) in [6, 6.07) is 0. The Morgan fingerprint density at radius 2 is 2.38 bits per heavy atom. The molecule has 0 bridgehead atoms. The van der Waals surface area contributed by atoms with E-state index in [4.69, 9.17) is 0 Å². The molecule has 1 aliphatic rings. The van der Waals surface area contributed by atoms with E-state index in [1.54, 1.807) is 11.1 Å². The van der Waals surface area contributed by atoms with Gasteiger partial charge < -0.3 is 5.32 Å². The highest BCUT2D eigenvalue weighted by Gasteiger charge is 2.24. The zero-order valence-electron chi connectivity index (χ0n) is 11.5. The van der Waals surface area contributed by atoms with Crippen molar-refractivity contribution in [3.05, 3.63) is 22.1 Å². The molecule has 0 radical (unpaired) electrons. The van der Waals surface area contributed by atoms with Gasteiger partial charge in [0.25, 0.3) is 0 Å². The van der Waals surface area contributed by atoms with Crippen molar-refractivity contribution in [2.45, 2.75) is 26.2 Å². The summed E-state index contributed by atoms with van der Waals surface area (Å²) in [7, 11) is 0. The second-order valence-corrected chi connectivity index (χ2v) is 6.84. The molecule has 1 N–H and O–H groups in total. The number of aryl methyl sites for hydroxylation is 1. The number of anilines is 2. The van der Waals surface area contributed by atoms with Crippen LogP contribution in [0.3, 0.4) is 0 Å². The van der Waals surface area contributed by atoms with E-state index in [9.17, 15) is 9.59 Å². The summed E-state index contributed by atoms with van der Waals surface area (Å²) < 4.78 is 0. The van der Waals surface area contributed by atoms with Gasteiger partial charge >= 0.3 is 0 Å². The van der Waals surface area contributed by atoms with Crippen LogP contribution in [0.4, 0.5) is 10.3 Å². The second kappa shape index (κ2) is 5.90. The SMILES string of the molecule is Cc1cnc(NC(=O)Cc2csc(N3CCCC3=O)n2)s1. The molecule has 0 saturated carbocycles. The Bertz CT molecular complexity index is 679. The maximum atomic E-state index is 11.9. The fraction of sp³-hybridized carbons (Fsp3) is 0.385. The molecule has 1 saturated heterocycles. The molecule has 110 valence electrons. The van der Waals surface area contributed by atoms with Gasteiger partial charge in [0.05, 0.1) is 12.1 Å². The molecular formula is C13H14N4O2S2. The molecule has 3 rings (SSSR count). The molecule has 0 atom stereocenters. The van der Waals surface area contributed by atoms with E-state index in [1.165, 1.54) is 22.7 Å². The number of amides is 2. The molecule has 8 heteroatoms. The van der Waals surface area contributed by atoms with Crippen molar-refractivity contribution in [2.24, 2.45) is 0 Å². The number of nitrogens with zero attached hydrogens (tertiary/aromatic N) is 3. The zero-order valence-corrected chi connectivity index (χ0v) is 13.1. The van der Waals surface area contributed by atoms with E-state index in [2.05, 4.69) is 15.3 Å². The Kier molecular flexibility index (Phi) is 3.98. The topological polar surface area (TPSA) is 75.2 Å². The van der Waals surface area contributed by atoms with Gasteiger partial charge in [-0.25, -0.2) is 9.97 Å². The van der Waals surface area contributed by atoms with Crippen molar-refractivity contribution in [1.29, 1.82) is 0 Å². The molecule has 2 aromatic rings. The summed E-state index contributed by atoms with van der Waals surface area (Å²) in [5.41, 5.74) is 0.681. The number of nitrogens with one attached hydrogen (secondary N) is 1. The third kappa shape index (κ3) is 3.27. The van der Waals surface area contributed by atoms with Gasteiger partial charge in [-0.15, -0.1) is 22.7 Å². The van der Waals surface area contributed by atoms with Gasteiger partial charge in [-0.2, -0.15) is 0 Å². The number of aromatic nitrogens is 2. The lowest BCUT2D eigenvalue weighted by molar-refractivity contribution is -0.117. The van der Waals surface area contributed by atoms with Crippen molar-refractivity contribution in [3.8, 4) is 0 Å². The van der Waals surface area contributed by atoms with Crippen molar-refractivity contribution >= 4 is 44.8 Å². The molecular weight excluding hydrogens is 308 g/mol. The lowest BCUT2D eigenvalue weighted by Gasteiger charge is -2.10. The van der Waals surface area contributed by atoms with E-state index in [-0.39, 0.29) is 18.2 Å². The van der Waals surface area contributed by atoms with E-state index in [0.717, 1.165) is 17.8 Å². The minimum atomic E-state index is -0.144. The molecule has 3 heterocycles. The summed E-state index contributed by atoms with van der Waals surface area (Å²) in [6.07, 6.45) is 3.37. The molecule has 2 aromatic heterocycles. The zero-order chi connectivity index (χ0) is 14.8. The first-order chi connectivity index (χ1) is 10.1. The maximum Gasteiger partial charge on any atom is 0.232 e. The fourth-order valence-electron chi connectivity index (χ4n) is 2.09. The Balaban J connectivity index is 1.61. The smallest absolute Gasteiger partial charge is 0.232 e. The van der Waals surface area contributed by atoms with Crippen LogP contribution in [0, 0.1) is 6.92 Å². The van der Waals surface area contributed by atoms with Crippen LogP contribution in [0.15, 0.2) is 11.6 Å². The van der Waals surface area contributed by atoms with Crippen LogP contribution < -0.4 is 10.2 Å². The summed E-state index contributed by atoms with van der Waals surface area (Å²) in [4.78, 5) is 34.8. The summed E-state index contributed by atoms with van der Waals surface area (Å²) >= 11 is 2.84. The second-order valence-electron chi connectivity index (χ2n) is 4.77. The van der Waals surface area contributed by atoms with Gasteiger partial charge in [0.15, 0.2) is 10.3 Å². The molecule has 0 aliphatic carbocycles. The molecule has 0 spiro atoms. The molecule has 0 unspecified atom stereocenters. The summed E-state index contributed by atoms with van der Waals surface area (Å²) in [5, 5.41) is 5.86. The van der Waals surface area contributed by atoms with Gasteiger partial charge in [0.1, 0.15) is 0 Å². The third-order valence-corrected chi connectivity index (χ3v) is 4.79. The Hall–Kier alpha value is -1.80. The monoisotopic (exact) mass is 322 g/mol. The Labute approximate surface area is 129 Å². The number of rotatable bonds is 4. The molecule has 21 heavy (non-hydrogen) atoms. The van der Waals surface area contributed by atoms with Crippen molar-refractivity contribution in [2.75, 3.05) is 16.8 Å². The average Bonchev–Trinajstić information content (AvgIpc) is 3.12. The Morgan fingerprint density at radius 1 is 1.52 bits per heavy atom. The van der Waals surface area contributed by atoms with Crippen LogP contribution in [0.2, 0.25) is 0 Å². The molecule has 1 aliphatic heterocycles. The van der Waals surface area contributed by atoms with Crippen LogP contribution in [0.25, 0.3) is 0 Å². The van der Waals surface area contributed by atoms with E-state index in [0.29, 0.717) is 22.4 Å². The van der Waals surface area contributed by atoms with Crippen LogP contribution in [0.5, 0.6) is 0 Å². The first-order valence-corrected chi connectivity index (χ1v) is 8.28. The van der Waals surface area contributed by atoms with Gasteiger partial charge in [0.2, 0.25) is 11.8 Å². The van der Waals surface area contributed by atoms with Crippen LogP contribution in [-0.2, 0) is 16.0 Å². The predicted octanol–water partition coefficient (Wildman–Crippen LogP) is 2.22. The molecule has 1 fully saturated rings. The molecule has 0 aromatic carbocycles. The summed E-state index contributed by atoms with van der Waals surface area (Å²) in [5.74, 6) is -0.0347. The fourth-order valence-corrected chi connectivity index (χ4v) is 3.64. The minimum absolute atomic E-state index is 0.110. The van der Waals surface area contributed by atoms with Crippen molar-refractivity contribution in [3.63, 3.8) is 0 Å². The van der Waals surface area contributed by atoms with Gasteiger partial charge in [0, 0.05) is 29.4 Å². The van der Waals surface area contributed by atoms with Gasteiger partial charge in [-0.05, 0) is 13.3 Å². The highest BCUT2D eigenvalue weighted by molar-refractivity contribution is 7.15. The molecule has 2 amide bonds. The van der Waals surface area contributed by atoms with E-state index < -0.39 is 0 Å². The summed E-state index contributed by atoms with van der Waals surface area (Å²) in [6.45, 7) is 2.66.